The van der Waals surface area contributed by atoms with Crippen LogP contribution in [0.5, 0.6) is 0 Å². The van der Waals surface area contributed by atoms with Crippen molar-refractivity contribution < 1.29 is 4.39 Å². The predicted molar refractivity (Wildman–Crippen MR) is 143 cm³/mol. The van der Waals surface area contributed by atoms with Crippen molar-refractivity contribution in [3.63, 3.8) is 0 Å². The Kier molecular flexibility index (Phi) is 7.95. The maximum atomic E-state index is 15.1. The Morgan fingerprint density at radius 3 is 2.06 bits per heavy atom. The first-order valence-corrected chi connectivity index (χ1v) is 12.2. The van der Waals surface area contributed by atoms with Crippen LogP contribution in [-0.4, -0.2) is 0 Å². The Bertz CT molecular complexity index is 1330. The van der Waals surface area contributed by atoms with E-state index in [4.69, 9.17) is 0 Å². The molecule has 0 nitrogen and oxygen atoms in total. The highest BCUT2D eigenvalue weighted by atomic mass is 19.1. The Balaban J connectivity index is 1.43. The van der Waals surface area contributed by atoms with Gasteiger partial charge in [0.15, 0.2) is 0 Å². The first-order valence-electron chi connectivity index (χ1n) is 12.2. The van der Waals surface area contributed by atoms with Crippen molar-refractivity contribution >= 4 is 10.8 Å². The number of fused-ring (bicyclic) bond motifs is 1. The lowest BCUT2D eigenvalue weighted by molar-refractivity contribution is 0.636. The second kappa shape index (κ2) is 11.5. The van der Waals surface area contributed by atoms with Gasteiger partial charge in [0.05, 0.1) is 5.56 Å². The van der Waals surface area contributed by atoms with Crippen LogP contribution in [0.1, 0.15) is 53.6 Å². The van der Waals surface area contributed by atoms with Crippen LogP contribution in [0.4, 0.5) is 4.39 Å². The van der Waals surface area contributed by atoms with Gasteiger partial charge in [-0.25, -0.2) is 4.39 Å². The summed E-state index contributed by atoms with van der Waals surface area (Å²) in [6, 6.07) is 26.9. The standard InChI is InChI=1S/C33H31F/c1-3-5-6-7-26-12-14-27(15-13-26)16-17-29-19-23-32-31(24-29)22-21-30(33(32)34)20-18-28-10-8-25(4-2)9-11-28/h3,5,8-15,19,21-24H,4,6-7,16-17H2,1-2H3/b5-3+. The van der Waals surface area contributed by atoms with Crippen LogP contribution in [-0.2, 0) is 25.7 Å². The van der Waals surface area contributed by atoms with Crippen molar-refractivity contribution in [3.05, 3.63) is 130 Å². The Morgan fingerprint density at radius 1 is 0.706 bits per heavy atom. The van der Waals surface area contributed by atoms with Crippen molar-refractivity contribution in [3.8, 4) is 11.8 Å². The zero-order valence-electron chi connectivity index (χ0n) is 20.1. The van der Waals surface area contributed by atoms with E-state index in [9.17, 15) is 0 Å². The van der Waals surface area contributed by atoms with Crippen molar-refractivity contribution in [2.45, 2.75) is 46.0 Å². The zero-order valence-corrected chi connectivity index (χ0v) is 20.1. The average molecular weight is 447 g/mol. The van der Waals surface area contributed by atoms with E-state index in [1.54, 1.807) is 6.07 Å². The molecule has 0 bridgehead atoms. The summed E-state index contributed by atoms with van der Waals surface area (Å²) >= 11 is 0. The molecule has 0 saturated carbocycles. The molecule has 0 aromatic heterocycles. The van der Waals surface area contributed by atoms with Crippen LogP contribution in [0.3, 0.4) is 0 Å². The lowest BCUT2D eigenvalue weighted by Crippen LogP contribution is -1.94. The molecule has 0 fully saturated rings. The number of allylic oxidation sites excluding steroid dienone is 2. The monoisotopic (exact) mass is 446 g/mol. The van der Waals surface area contributed by atoms with Gasteiger partial charge in [-0.3, -0.25) is 0 Å². The quantitative estimate of drug-likeness (QED) is 0.198. The summed E-state index contributed by atoms with van der Waals surface area (Å²) in [5.74, 6) is 5.86. The molecule has 0 unspecified atom stereocenters. The highest BCUT2D eigenvalue weighted by Gasteiger charge is 2.07. The van der Waals surface area contributed by atoms with Crippen LogP contribution in [0.15, 0.2) is 91.0 Å². The fourth-order valence-electron chi connectivity index (χ4n) is 4.13. The van der Waals surface area contributed by atoms with E-state index in [2.05, 4.69) is 80.3 Å². The van der Waals surface area contributed by atoms with E-state index in [1.165, 1.54) is 22.3 Å². The molecule has 4 aromatic carbocycles. The molecule has 0 aliphatic rings. The molecule has 0 amide bonds. The minimum Gasteiger partial charge on any atom is -0.205 e. The Hall–Kier alpha value is -3.63. The van der Waals surface area contributed by atoms with E-state index in [1.807, 2.05) is 30.3 Å². The SMILES string of the molecule is C/C=C/CCc1ccc(CCc2ccc3c(F)c(C#Cc4ccc(CC)cc4)ccc3c2)cc1. The first kappa shape index (κ1) is 23.5. The van der Waals surface area contributed by atoms with Crippen molar-refractivity contribution in [1.82, 2.24) is 0 Å². The van der Waals surface area contributed by atoms with E-state index in [0.717, 1.165) is 43.1 Å². The van der Waals surface area contributed by atoms with Gasteiger partial charge in [0.25, 0.3) is 0 Å². The Morgan fingerprint density at radius 2 is 1.35 bits per heavy atom. The molecule has 170 valence electrons. The van der Waals surface area contributed by atoms with Gasteiger partial charge in [-0.1, -0.05) is 91.6 Å². The summed E-state index contributed by atoms with van der Waals surface area (Å²) in [5, 5.41) is 1.55. The summed E-state index contributed by atoms with van der Waals surface area (Å²) in [6.45, 7) is 4.19. The summed E-state index contributed by atoms with van der Waals surface area (Å²) in [7, 11) is 0. The van der Waals surface area contributed by atoms with Gasteiger partial charge in [0.1, 0.15) is 5.82 Å². The van der Waals surface area contributed by atoms with Crippen LogP contribution in [0.25, 0.3) is 10.8 Å². The van der Waals surface area contributed by atoms with Gasteiger partial charge < -0.3 is 0 Å². The number of benzene rings is 4. The maximum Gasteiger partial charge on any atom is 0.146 e. The zero-order chi connectivity index (χ0) is 23.8. The Labute approximate surface area is 203 Å². The average Bonchev–Trinajstić information content (AvgIpc) is 2.88. The minimum absolute atomic E-state index is 0.241. The first-order chi connectivity index (χ1) is 16.7. The number of hydrogen-bond donors (Lipinski definition) is 0. The molecule has 4 aromatic rings. The molecule has 4 rings (SSSR count). The van der Waals surface area contributed by atoms with Crippen molar-refractivity contribution in [2.24, 2.45) is 0 Å². The minimum atomic E-state index is -0.241. The van der Waals surface area contributed by atoms with Gasteiger partial charge in [0.2, 0.25) is 0 Å². The van der Waals surface area contributed by atoms with Crippen LogP contribution in [0.2, 0.25) is 0 Å². The van der Waals surface area contributed by atoms with E-state index in [-0.39, 0.29) is 5.82 Å². The van der Waals surface area contributed by atoms with E-state index in [0.29, 0.717) is 10.9 Å². The summed E-state index contributed by atoms with van der Waals surface area (Å²) in [6.07, 6.45) is 9.38. The molecular formula is C33H31F. The topological polar surface area (TPSA) is 0 Å². The van der Waals surface area contributed by atoms with Gasteiger partial charge in [-0.2, -0.15) is 0 Å². The largest absolute Gasteiger partial charge is 0.205 e. The van der Waals surface area contributed by atoms with Gasteiger partial charge in [-0.05, 0) is 84.9 Å². The molecule has 0 heterocycles. The highest BCUT2D eigenvalue weighted by molar-refractivity contribution is 5.85. The lowest BCUT2D eigenvalue weighted by atomic mass is 9.98. The second-order valence-electron chi connectivity index (χ2n) is 8.71. The fraction of sp³-hybridized carbons (Fsp3) is 0.212. The number of aryl methyl sites for hydroxylation is 4. The third-order valence-corrected chi connectivity index (χ3v) is 6.28. The van der Waals surface area contributed by atoms with Crippen LogP contribution in [0, 0.1) is 17.7 Å². The highest BCUT2D eigenvalue weighted by Crippen LogP contribution is 2.23. The van der Waals surface area contributed by atoms with Crippen molar-refractivity contribution in [1.29, 1.82) is 0 Å². The third kappa shape index (κ3) is 6.03. The van der Waals surface area contributed by atoms with E-state index >= 15 is 4.39 Å². The normalized spacial score (nSPS) is 11.0. The molecule has 0 aliphatic heterocycles. The molecule has 0 N–H and O–H groups in total. The summed E-state index contributed by atoms with van der Waals surface area (Å²) < 4.78 is 15.1. The molecule has 34 heavy (non-hydrogen) atoms. The molecule has 1 heteroatoms. The second-order valence-corrected chi connectivity index (χ2v) is 8.71. The maximum absolute atomic E-state index is 15.1. The molecular weight excluding hydrogens is 415 g/mol. The summed E-state index contributed by atoms with van der Waals surface area (Å²) in [5.41, 5.74) is 6.54. The smallest absolute Gasteiger partial charge is 0.146 e. The van der Waals surface area contributed by atoms with Crippen molar-refractivity contribution in [2.75, 3.05) is 0 Å². The fourth-order valence-corrected chi connectivity index (χ4v) is 4.13. The molecule has 0 radical (unpaired) electrons. The number of rotatable bonds is 7. The van der Waals surface area contributed by atoms with Crippen LogP contribution < -0.4 is 0 Å². The summed E-state index contributed by atoms with van der Waals surface area (Å²) in [4.78, 5) is 0. The molecule has 0 aliphatic carbocycles. The predicted octanol–water partition coefficient (Wildman–Crippen LogP) is 8.24. The van der Waals surface area contributed by atoms with Gasteiger partial charge in [0, 0.05) is 10.9 Å². The third-order valence-electron chi connectivity index (χ3n) is 6.28. The number of hydrogen-bond acceptors (Lipinski definition) is 0. The lowest BCUT2D eigenvalue weighted by Gasteiger charge is -2.07. The van der Waals surface area contributed by atoms with Crippen LogP contribution >= 0.6 is 0 Å². The van der Waals surface area contributed by atoms with E-state index < -0.39 is 0 Å². The molecule has 0 spiro atoms. The number of halogens is 1. The van der Waals surface area contributed by atoms with Gasteiger partial charge in [-0.15, -0.1) is 0 Å². The molecule has 0 atom stereocenters. The molecule has 0 saturated heterocycles. The van der Waals surface area contributed by atoms with Gasteiger partial charge >= 0.3 is 0 Å².